The van der Waals surface area contributed by atoms with E-state index in [1.807, 2.05) is 67.3 Å². The van der Waals surface area contributed by atoms with E-state index >= 15 is 0 Å². The van der Waals surface area contributed by atoms with E-state index in [-0.39, 0.29) is 23.9 Å². The van der Waals surface area contributed by atoms with E-state index < -0.39 is 15.9 Å². The standard InChI is InChI=1S/C31H37N3O4S/c1-22-7-9-27(10-8-22)20-34(39(37,38)31-24(3)17-23(2)18-25(31)4)21-29(35)32-28-13-11-26(12-14-28)19-30(36)33-15-5-6-16-33/h7-14,17-18H,5-6,15-16,19-21H2,1-4H3,(H,32,35). The number of rotatable bonds is 9. The molecule has 1 aliphatic heterocycles. The number of aryl methyl sites for hydroxylation is 4. The topological polar surface area (TPSA) is 86.8 Å². The Morgan fingerprint density at radius 1 is 0.821 bits per heavy atom. The average Bonchev–Trinajstić information content (AvgIpc) is 3.41. The molecule has 4 rings (SSSR count). The molecule has 2 amide bonds. The Kier molecular flexibility index (Phi) is 8.87. The average molecular weight is 548 g/mol. The van der Waals surface area contributed by atoms with E-state index in [1.165, 1.54) is 4.31 Å². The molecule has 1 aliphatic rings. The van der Waals surface area contributed by atoms with Crippen LogP contribution in [-0.2, 0) is 32.6 Å². The minimum Gasteiger partial charge on any atom is -0.342 e. The zero-order valence-corrected chi connectivity index (χ0v) is 24.0. The Balaban J connectivity index is 1.51. The van der Waals surface area contributed by atoms with E-state index in [4.69, 9.17) is 0 Å². The lowest BCUT2D eigenvalue weighted by Crippen LogP contribution is -2.38. The Morgan fingerprint density at radius 2 is 1.38 bits per heavy atom. The maximum atomic E-state index is 13.9. The van der Waals surface area contributed by atoms with Crippen molar-refractivity contribution in [2.75, 3.05) is 25.0 Å². The third-order valence-electron chi connectivity index (χ3n) is 7.05. The van der Waals surface area contributed by atoms with Crippen LogP contribution in [0.25, 0.3) is 0 Å². The normalized spacial score (nSPS) is 13.6. The quantitative estimate of drug-likeness (QED) is 0.412. The molecule has 3 aromatic rings. The van der Waals surface area contributed by atoms with Crippen LogP contribution in [0.15, 0.2) is 65.6 Å². The SMILES string of the molecule is Cc1ccc(CN(CC(=O)Nc2ccc(CC(=O)N3CCCC3)cc2)S(=O)(=O)c2c(C)cc(C)cc2C)cc1. The first-order valence-electron chi connectivity index (χ1n) is 13.3. The number of sulfonamides is 1. The highest BCUT2D eigenvalue weighted by molar-refractivity contribution is 7.89. The van der Waals surface area contributed by atoms with Crippen LogP contribution in [0.2, 0.25) is 0 Å². The fraction of sp³-hybridized carbons (Fsp3) is 0.355. The van der Waals surface area contributed by atoms with Gasteiger partial charge in [0.2, 0.25) is 21.8 Å². The summed E-state index contributed by atoms with van der Waals surface area (Å²) in [4.78, 5) is 27.7. The highest BCUT2D eigenvalue weighted by Crippen LogP contribution is 2.27. The van der Waals surface area contributed by atoms with E-state index in [0.29, 0.717) is 23.2 Å². The van der Waals surface area contributed by atoms with Gasteiger partial charge in [0.1, 0.15) is 0 Å². The predicted molar refractivity (Wildman–Crippen MR) is 154 cm³/mol. The van der Waals surface area contributed by atoms with Gasteiger partial charge in [-0.25, -0.2) is 8.42 Å². The zero-order chi connectivity index (χ0) is 28.2. The van der Waals surface area contributed by atoms with E-state index in [2.05, 4.69) is 5.32 Å². The number of carbonyl (C=O) groups excluding carboxylic acids is 2. The number of nitrogens with one attached hydrogen (secondary N) is 1. The monoisotopic (exact) mass is 547 g/mol. The Morgan fingerprint density at radius 3 is 1.97 bits per heavy atom. The number of amides is 2. The summed E-state index contributed by atoms with van der Waals surface area (Å²) in [5, 5.41) is 2.82. The van der Waals surface area contributed by atoms with Crippen molar-refractivity contribution in [3.63, 3.8) is 0 Å². The highest BCUT2D eigenvalue weighted by atomic mass is 32.2. The Labute approximate surface area is 231 Å². The van der Waals surface area contributed by atoms with E-state index in [1.54, 1.807) is 26.0 Å². The smallest absolute Gasteiger partial charge is 0.244 e. The third-order valence-corrected chi connectivity index (χ3v) is 9.15. The molecule has 206 valence electrons. The lowest BCUT2D eigenvalue weighted by atomic mass is 10.1. The van der Waals surface area contributed by atoms with Crippen LogP contribution in [0.4, 0.5) is 5.69 Å². The number of benzene rings is 3. The largest absolute Gasteiger partial charge is 0.342 e. The molecule has 0 atom stereocenters. The molecule has 0 radical (unpaired) electrons. The maximum absolute atomic E-state index is 13.9. The number of anilines is 1. The van der Waals surface area contributed by atoms with Gasteiger partial charge in [-0.15, -0.1) is 0 Å². The lowest BCUT2D eigenvalue weighted by Gasteiger charge is -2.24. The molecule has 0 aliphatic carbocycles. The van der Waals surface area contributed by atoms with Crippen LogP contribution in [0, 0.1) is 27.7 Å². The van der Waals surface area contributed by atoms with Crippen molar-refractivity contribution >= 4 is 27.5 Å². The van der Waals surface area contributed by atoms with Crippen molar-refractivity contribution in [2.45, 2.75) is 58.4 Å². The van der Waals surface area contributed by atoms with Gasteiger partial charge in [-0.3, -0.25) is 9.59 Å². The van der Waals surface area contributed by atoms with Crippen molar-refractivity contribution in [1.82, 2.24) is 9.21 Å². The molecular formula is C31H37N3O4S. The summed E-state index contributed by atoms with van der Waals surface area (Å²) in [5.41, 5.74) is 5.58. The summed E-state index contributed by atoms with van der Waals surface area (Å²) < 4.78 is 29.1. The van der Waals surface area contributed by atoms with Crippen molar-refractivity contribution in [3.05, 3.63) is 94.0 Å². The van der Waals surface area contributed by atoms with Crippen LogP contribution in [0.1, 0.15) is 46.2 Å². The van der Waals surface area contributed by atoms with Crippen LogP contribution in [-0.4, -0.2) is 49.1 Å². The first-order valence-corrected chi connectivity index (χ1v) is 14.8. The van der Waals surface area contributed by atoms with E-state index in [0.717, 1.165) is 48.2 Å². The molecule has 1 N–H and O–H groups in total. The molecule has 3 aromatic carbocycles. The molecule has 0 aromatic heterocycles. The van der Waals surface area contributed by atoms with Gasteiger partial charge in [0.15, 0.2) is 0 Å². The minimum atomic E-state index is -3.97. The van der Waals surface area contributed by atoms with Gasteiger partial charge in [-0.1, -0.05) is 59.7 Å². The Hall–Kier alpha value is -3.49. The summed E-state index contributed by atoms with van der Waals surface area (Å²) in [5.74, 6) is -0.322. The molecule has 0 bridgehead atoms. The number of hydrogen-bond acceptors (Lipinski definition) is 4. The summed E-state index contributed by atoms with van der Waals surface area (Å²) in [6.45, 7) is 8.84. The lowest BCUT2D eigenvalue weighted by molar-refractivity contribution is -0.129. The molecule has 8 heteroatoms. The van der Waals surface area contributed by atoms with Crippen molar-refractivity contribution < 1.29 is 18.0 Å². The predicted octanol–water partition coefficient (Wildman–Crippen LogP) is 4.91. The fourth-order valence-corrected chi connectivity index (χ4v) is 6.94. The fourth-order valence-electron chi connectivity index (χ4n) is 5.15. The minimum absolute atomic E-state index is 0.0698. The maximum Gasteiger partial charge on any atom is 0.244 e. The first kappa shape index (κ1) is 28.5. The second-order valence-electron chi connectivity index (χ2n) is 10.5. The summed E-state index contributed by atoms with van der Waals surface area (Å²) in [7, 11) is -3.97. The number of likely N-dealkylation sites (tertiary alicyclic amines) is 1. The van der Waals surface area contributed by atoms with Crippen LogP contribution in [0.5, 0.6) is 0 Å². The van der Waals surface area contributed by atoms with Gasteiger partial charge in [-0.05, 0) is 74.9 Å². The van der Waals surface area contributed by atoms with Crippen molar-refractivity contribution in [2.24, 2.45) is 0 Å². The third kappa shape index (κ3) is 7.13. The Bertz CT molecular complexity index is 1420. The summed E-state index contributed by atoms with van der Waals surface area (Å²) >= 11 is 0. The summed E-state index contributed by atoms with van der Waals surface area (Å²) in [6, 6.07) is 18.5. The molecule has 39 heavy (non-hydrogen) atoms. The molecule has 1 saturated heterocycles. The van der Waals surface area contributed by atoms with Crippen LogP contribution in [0.3, 0.4) is 0 Å². The van der Waals surface area contributed by atoms with Gasteiger partial charge in [0, 0.05) is 25.3 Å². The van der Waals surface area contributed by atoms with Gasteiger partial charge < -0.3 is 10.2 Å². The molecule has 7 nitrogen and oxygen atoms in total. The number of nitrogens with zero attached hydrogens (tertiary/aromatic N) is 2. The van der Waals surface area contributed by atoms with Crippen LogP contribution < -0.4 is 5.32 Å². The molecular weight excluding hydrogens is 510 g/mol. The van der Waals surface area contributed by atoms with Crippen LogP contribution >= 0.6 is 0 Å². The van der Waals surface area contributed by atoms with Crippen molar-refractivity contribution in [1.29, 1.82) is 0 Å². The van der Waals surface area contributed by atoms with Gasteiger partial charge in [0.25, 0.3) is 0 Å². The second kappa shape index (κ2) is 12.1. The van der Waals surface area contributed by atoms with Gasteiger partial charge >= 0.3 is 0 Å². The summed E-state index contributed by atoms with van der Waals surface area (Å²) in [6.07, 6.45) is 2.43. The zero-order valence-electron chi connectivity index (χ0n) is 23.2. The second-order valence-corrected chi connectivity index (χ2v) is 12.4. The molecule has 0 unspecified atom stereocenters. The van der Waals surface area contributed by atoms with Crippen molar-refractivity contribution in [3.8, 4) is 0 Å². The van der Waals surface area contributed by atoms with Gasteiger partial charge in [-0.2, -0.15) is 4.31 Å². The molecule has 0 spiro atoms. The molecule has 1 heterocycles. The number of hydrogen-bond donors (Lipinski definition) is 1. The van der Waals surface area contributed by atoms with E-state index in [9.17, 15) is 18.0 Å². The number of carbonyl (C=O) groups is 2. The first-order chi connectivity index (χ1) is 18.5. The molecule has 1 fully saturated rings. The highest BCUT2D eigenvalue weighted by Gasteiger charge is 2.30. The molecule has 0 saturated carbocycles. The van der Waals surface area contributed by atoms with Gasteiger partial charge in [0.05, 0.1) is 17.9 Å².